The number of nitrogens with one attached hydrogen (secondary N) is 2. The predicted octanol–water partition coefficient (Wildman–Crippen LogP) is 2.33. The molecule has 1 unspecified atom stereocenters. The molecule has 0 aliphatic carbocycles. The topological polar surface area (TPSA) is 87.4 Å². The van der Waals surface area contributed by atoms with Gasteiger partial charge in [-0.25, -0.2) is 9.97 Å². The highest BCUT2D eigenvalue weighted by Crippen LogP contribution is 2.17. The number of benzene rings is 1. The summed E-state index contributed by atoms with van der Waals surface area (Å²) in [6.45, 7) is 4.84. The number of amides is 1. The number of pyridine rings is 1. The van der Waals surface area contributed by atoms with Gasteiger partial charge < -0.3 is 15.5 Å². The molecule has 4 rings (SSSR count). The summed E-state index contributed by atoms with van der Waals surface area (Å²) in [4.78, 5) is 27.5. The Labute approximate surface area is 194 Å². The maximum Gasteiger partial charge on any atom is 0.223 e. The van der Waals surface area contributed by atoms with Crippen LogP contribution in [0.15, 0.2) is 66.0 Å². The molecule has 2 N–H and O–H groups in total. The first kappa shape index (κ1) is 22.5. The number of hydrogen-bond donors (Lipinski definition) is 2. The van der Waals surface area contributed by atoms with Gasteiger partial charge in [0.25, 0.3) is 0 Å². The molecule has 0 bridgehead atoms. The van der Waals surface area contributed by atoms with E-state index in [1.807, 2.05) is 59.1 Å². The molecule has 3 aromatic rings. The van der Waals surface area contributed by atoms with Gasteiger partial charge in [-0.15, -0.1) is 0 Å². The minimum absolute atomic E-state index is 0.236. The number of imidazole rings is 1. The first-order valence-corrected chi connectivity index (χ1v) is 11.3. The van der Waals surface area contributed by atoms with Gasteiger partial charge >= 0.3 is 0 Å². The fourth-order valence-corrected chi connectivity index (χ4v) is 4.05. The second-order valence-corrected chi connectivity index (χ2v) is 8.32. The molecular weight excluding hydrogens is 414 g/mol. The van der Waals surface area contributed by atoms with Crippen molar-refractivity contribution in [2.45, 2.75) is 26.3 Å². The SMILES string of the molecule is CN=C(NCc1ccc(-n2ccnc2C)nc1)NCC1CC(=O)N(CCc2ccccc2)C1. The molecule has 1 aliphatic rings. The molecule has 8 nitrogen and oxygen atoms in total. The summed E-state index contributed by atoms with van der Waals surface area (Å²) in [5, 5.41) is 6.69. The van der Waals surface area contributed by atoms with E-state index in [4.69, 9.17) is 0 Å². The molecule has 1 aliphatic heterocycles. The molecule has 1 aromatic carbocycles. The van der Waals surface area contributed by atoms with Gasteiger partial charge in [-0.2, -0.15) is 0 Å². The van der Waals surface area contributed by atoms with Crippen LogP contribution in [0.2, 0.25) is 0 Å². The first-order valence-electron chi connectivity index (χ1n) is 11.3. The summed E-state index contributed by atoms with van der Waals surface area (Å²) < 4.78 is 1.95. The fourth-order valence-electron chi connectivity index (χ4n) is 4.05. The fraction of sp³-hybridized carbons (Fsp3) is 0.360. The number of carbonyl (C=O) groups excluding carboxylic acids is 1. The zero-order chi connectivity index (χ0) is 23.0. The van der Waals surface area contributed by atoms with Crippen LogP contribution in [-0.2, 0) is 17.8 Å². The normalized spacial score (nSPS) is 16.3. The molecular formula is C25H31N7O. The molecule has 1 saturated heterocycles. The van der Waals surface area contributed by atoms with Gasteiger partial charge in [-0.3, -0.25) is 14.4 Å². The molecule has 1 atom stereocenters. The number of aromatic nitrogens is 3. The number of carbonyl (C=O) groups is 1. The van der Waals surface area contributed by atoms with E-state index in [9.17, 15) is 4.79 Å². The third-order valence-electron chi connectivity index (χ3n) is 5.93. The summed E-state index contributed by atoms with van der Waals surface area (Å²) in [6, 6.07) is 14.3. The summed E-state index contributed by atoms with van der Waals surface area (Å²) in [7, 11) is 1.75. The second-order valence-electron chi connectivity index (χ2n) is 8.32. The van der Waals surface area contributed by atoms with Crippen molar-refractivity contribution in [2.24, 2.45) is 10.9 Å². The van der Waals surface area contributed by atoms with Gasteiger partial charge in [-0.05, 0) is 30.5 Å². The number of aryl methyl sites for hydroxylation is 1. The van der Waals surface area contributed by atoms with Crippen LogP contribution in [0.1, 0.15) is 23.4 Å². The van der Waals surface area contributed by atoms with Crippen LogP contribution < -0.4 is 10.6 Å². The Morgan fingerprint density at radius 1 is 1.12 bits per heavy atom. The summed E-state index contributed by atoms with van der Waals surface area (Å²) in [5.74, 6) is 2.99. The zero-order valence-corrected chi connectivity index (χ0v) is 19.2. The Bertz CT molecular complexity index is 1080. The number of aliphatic imine (C=N–C) groups is 1. The molecule has 0 radical (unpaired) electrons. The largest absolute Gasteiger partial charge is 0.356 e. The molecule has 0 spiro atoms. The Morgan fingerprint density at radius 2 is 1.97 bits per heavy atom. The maximum absolute atomic E-state index is 12.4. The lowest BCUT2D eigenvalue weighted by Crippen LogP contribution is -2.40. The highest BCUT2D eigenvalue weighted by molar-refractivity contribution is 5.80. The lowest BCUT2D eigenvalue weighted by molar-refractivity contribution is -0.127. The molecule has 2 aromatic heterocycles. The van der Waals surface area contributed by atoms with Crippen LogP contribution in [0.4, 0.5) is 0 Å². The van der Waals surface area contributed by atoms with Crippen molar-refractivity contribution in [3.63, 3.8) is 0 Å². The zero-order valence-electron chi connectivity index (χ0n) is 19.2. The van der Waals surface area contributed by atoms with Gasteiger partial charge in [0.15, 0.2) is 5.96 Å². The number of rotatable bonds is 8. The highest BCUT2D eigenvalue weighted by Gasteiger charge is 2.29. The van der Waals surface area contributed by atoms with Crippen LogP contribution >= 0.6 is 0 Å². The molecule has 172 valence electrons. The van der Waals surface area contributed by atoms with Crippen molar-refractivity contribution in [3.8, 4) is 5.82 Å². The van der Waals surface area contributed by atoms with E-state index in [-0.39, 0.29) is 11.8 Å². The van der Waals surface area contributed by atoms with Gasteiger partial charge in [-0.1, -0.05) is 36.4 Å². The van der Waals surface area contributed by atoms with Crippen LogP contribution in [-0.4, -0.2) is 58.0 Å². The minimum Gasteiger partial charge on any atom is -0.356 e. The van der Waals surface area contributed by atoms with Crippen LogP contribution in [0.3, 0.4) is 0 Å². The minimum atomic E-state index is 0.236. The Morgan fingerprint density at radius 3 is 2.67 bits per heavy atom. The van der Waals surface area contributed by atoms with E-state index in [2.05, 4.69) is 37.7 Å². The van der Waals surface area contributed by atoms with Gasteiger partial charge in [0.05, 0.1) is 0 Å². The lowest BCUT2D eigenvalue weighted by Gasteiger charge is -2.18. The van der Waals surface area contributed by atoms with Crippen LogP contribution in [0.25, 0.3) is 5.82 Å². The standard InChI is InChI=1S/C25H31N7O/c1-19-27-11-13-32(19)23-9-8-21(15-28-23)16-29-25(26-2)30-17-22-14-24(33)31(18-22)12-10-20-6-4-3-5-7-20/h3-9,11,13,15,22H,10,12,14,16-18H2,1-2H3,(H2,26,29,30). The summed E-state index contributed by atoms with van der Waals surface area (Å²) >= 11 is 0. The molecule has 33 heavy (non-hydrogen) atoms. The summed E-state index contributed by atoms with van der Waals surface area (Å²) in [6.07, 6.45) is 7.00. The third-order valence-corrected chi connectivity index (χ3v) is 5.93. The van der Waals surface area contributed by atoms with Crippen molar-refractivity contribution in [1.29, 1.82) is 0 Å². The number of guanidine groups is 1. The number of likely N-dealkylation sites (tertiary alicyclic amines) is 1. The van der Waals surface area contributed by atoms with Crippen molar-refractivity contribution in [3.05, 3.63) is 78.0 Å². The molecule has 1 amide bonds. The lowest BCUT2D eigenvalue weighted by atomic mass is 10.1. The Hall–Kier alpha value is -3.68. The predicted molar refractivity (Wildman–Crippen MR) is 129 cm³/mol. The Balaban J connectivity index is 1.21. The van der Waals surface area contributed by atoms with Crippen molar-refractivity contribution < 1.29 is 4.79 Å². The molecule has 1 fully saturated rings. The monoisotopic (exact) mass is 445 g/mol. The highest BCUT2D eigenvalue weighted by atomic mass is 16.2. The molecule has 0 saturated carbocycles. The second kappa shape index (κ2) is 10.8. The van der Waals surface area contributed by atoms with Crippen molar-refractivity contribution >= 4 is 11.9 Å². The first-order chi connectivity index (χ1) is 16.1. The smallest absolute Gasteiger partial charge is 0.223 e. The number of nitrogens with zero attached hydrogens (tertiary/aromatic N) is 5. The van der Waals surface area contributed by atoms with E-state index in [1.54, 1.807) is 13.2 Å². The van der Waals surface area contributed by atoms with Gasteiger partial charge in [0, 0.05) is 64.2 Å². The van der Waals surface area contributed by atoms with Crippen LogP contribution in [0.5, 0.6) is 0 Å². The molecule has 3 heterocycles. The summed E-state index contributed by atoms with van der Waals surface area (Å²) in [5.41, 5.74) is 2.32. The van der Waals surface area contributed by atoms with Gasteiger partial charge in [0.1, 0.15) is 11.6 Å². The van der Waals surface area contributed by atoms with Gasteiger partial charge in [0.2, 0.25) is 5.91 Å². The van der Waals surface area contributed by atoms with Crippen LogP contribution in [0, 0.1) is 12.8 Å². The Kier molecular flexibility index (Phi) is 7.34. The average molecular weight is 446 g/mol. The van der Waals surface area contributed by atoms with E-state index in [1.165, 1.54) is 5.56 Å². The van der Waals surface area contributed by atoms with E-state index in [0.717, 1.165) is 42.7 Å². The molecule has 8 heteroatoms. The van der Waals surface area contributed by atoms with E-state index >= 15 is 0 Å². The van der Waals surface area contributed by atoms with Crippen molar-refractivity contribution in [2.75, 3.05) is 26.7 Å². The maximum atomic E-state index is 12.4. The number of hydrogen-bond acceptors (Lipinski definition) is 4. The average Bonchev–Trinajstić information content (AvgIpc) is 3.43. The third kappa shape index (κ3) is 5.97. The quantitative estimate of drug-likeness (QED) is 0.411. The van der Waals surface area contributed by atoms with E-state index in [0.29, 0.717) is 19.5 Å². The van der Waals surface area contributed by atoms with E-state index < -0.39 is 0 Å². The van der Waals surface area contributed by atoms with Crippen molar-refractivity contribution in [1.82, 2.24) is 30.1 Å².